The molecule has 7 nitrogen and oxygen atoms in total. The summed E-state index contributed by atoms with van der Waals surface area (Å²) in [4.78, 5) is 37.8. The van der Waals surface area contributed by atoms with Crippen LogP contribution < -0.4 is 0 Å². The summed E-state index contributed by atoms with van der Waals surface area (Å²) in [6, 6.07) is 0.562. The number of rotatable bonds is 4. The standard InChI is InChI=1S/C23H35N5O2S/c1-25-9-8-24-20(25)15-26(2)23(30)22-17-12-16(19-4-3-5-21(29)28(19)22)13-27(14-17)18-6-10-31-11-7-18/h8-9,16-19,22H,3-7,10-15H2,1-2H3/t16-,17+,19-,22+/m0/s1. The van der Waals surface area contributed by atoms with Crippen molar-refractivity contribution in [2.24, 2.45) is 18.9 Å². The fourth-order valence-electron chi connectivity index (χ4n) is 6.42. The van der Waals surface area contributed by atoms with Gasteiger partial charge in [-0.05, 0) is 49.5 Å². The molecule has 0 saturated carbocycles. The summed E-state index contributed by atoms with van der Waals surface area (Å²) in [5, 5.41) is 0. The molecule has 0 N–H and O–H groups in total. The van der Waals surface area contributed by atoms with E-state index in [1.807, 2.05) is 29.8 Å². The minimum absolute atomic E-state index is 0.0905. The molecule has 4 atom stereocenters. The molecule has 0 spiro atoms. The van der Waals surface area contributed by atoms with Crippen LogP contribution in [0.1, 0.15) is 44.3 Å². The van der Waals surface area contributed by atoms with E-state index in [0.717, 1.165) is 38.2 Å². The Labute approximate surface area is 189 Å². The maximum atomic E-state index is 13.8. The lowest BCUT2D eigenvalue weighted by Crippen LogP contribution is -2.69. The van der Waals surface area contributed by atoms with Crippen molar-refractivity contribution in [3.63, 3.8) is 0 Å². The molecule has 5 heterocycles. The maximum Gasteiger partial charge on any atom is 0.245 e. The third-order valence-corrected chi connectivity index (χ3v) is 9.05. The molecule has 0 aromatic carbocycles. The van der Waals surface area contributed by atoms with Gasteiger partial charge in [-0.25, -0.2) is 4.98 Å². The Morgan fingerprint density at radius 3 is 2.74 bits per heavy atom. The van der Waals surface area contributed by atoms with Crippen LogP contribution in [0, 0.1) is 11.8 Å². The summed E-state index contributed by atoms with van der Waals surface area (Å²) in [6.45, 7) is 2.53. The van der Waals surface area contributed by atoms with Gasteiger partial charge in [-0.15, -0.1) is 0 Å². The fraction of sp³-hybridized carbons (Fsp3) is 0.783. The number of imidazole rings is 1. The number of nitrogens with zero attached hydrogens (tertiary/aromatic N) is 5. The van der Waals surface area contributed by atoms with Crippen molar-refractivity contribution in [3.8, 4) is 0 Å². The van der Waals surface area contributed by atoms with Gasteiger partial charge >= 0.3 is 0 Å². The molecule has 0 radical (unpaired) electrons. The lowest BCUT2D eigenvalue weighted by molar-refractivity contribution is -0.166. The van der Waals surface area contributed by atoms with Gasteiger partial charge in [0.05, 0.1) is 6.54 Å². The first-order valence-electron chi connectivity index (χ1n) is 11.9. The molecule has 8 heteroatoms. The molecule has 4 saturated heterocycles. The lowest BCUT2D eigenvalue weighted by atomic mass is 9.71. The van der Waals surface area contributed by atoms with Crippen molar-refractivity contribution >= 4 is 23.6 Å². The molecule has 1 aromatic rings. The number of hydrogen-bond donors (Lipinski definition) is 0. The summed E-state index contributed by atoms with van der Waals surface area (Å²) in [6.07, 6.45) is 9.88. The second-order valence-electron chi connectivity index (χ2n) is 9.91. The first kappa shape index (κ1) is 21.3. The zero-order valence-corrected chi connectivity index (χ0v) is 19.6. The zero-order valence-electron chi connectivity index (χ0n) is 18.8. The number of aromatic nitrogens is 2. The number of hydrogen-bond acceptors (Lipinski definition) is 5. The number of carbonyl (C=O) groups is 2. The van der Waals surface area contributed by atoms with Crippen molar-refractivity contribution in [2.45, 2.75) is 63.2 Å². The number of likely N-dealkylation sites (N-methyl/N-ethyl adjacent to an activating group) is 1. The summed E-state index contributed by atoms with van der Waals surface area (Å²) >= 11 is 2.07. The highest BCUT2D eigenvalue weighted by atomic mass is 32.2. The van der Waals surface area contributed by atoms with E-state index < -0.39 is 0 Å². The summed E-state index contributed by atoms with van der Waals surface area (Å²) in [5.41, 5.74) is 0. The average Bonchev–Trinajstić information content (AvgIpc) is 3.19. The van der Waals surface area contributed by atoms with Gasteiger partial charge in [-0.1, -0.05) is 0 Å². The van der Waals surface area contributed by atoms with Gasteiger partial charge in [0.2, 0.25) is 11.8 Å². The second-order valence-corrected chi connectivity index (χ2v) is 11.1. The zero-order chi connectivity index (χ0) is 21.5. The Bertz CT molecular complexity index is 823. The van der Waals surface area contributed by atoms with E-state index in [0.29, 0.717) is 24.9 Å². The molecule has 4 aliphatic heterocycles. The maximum absolute atomic E-state index is 13.8. The molecule has 1 aromatic heterocycles. The van der Waals surface area contributed by atoms with Crippen molar-refractivity contribution < 1.29 is 9.59 Å². The minimum Gasteiger partial charge on any atom is -0.337 e. The van der Waals surface area contributed by atoms with Gasteiger partial charge in [0, 0.05) is 64.0 Å². The Kier molecular flexibility index (Phi) is 6.03. The highest BCUT2D eigenvalue weighted by molar-refractivity contribution is 7.99. The minimum atomic E-state index is -0.319. The average molecular weight is 446 g/mol. The van der Waals surface area contributed by atoms with E-state index in [4.69, 9.17) is 0 Å². The molecule has 2 amide bonds. The number of likely N-dealkylation sites (tertiary alicyclic amines) is 1. The molecular weight excluding hydrogens is 410 g/mol. The topological polar surface area (TPSA) is 61.7 Å². The smallest absolute Gasteiger partial charge is 0.245 e. The SMILES string of the molecule is CN(Cc1nccn1C)C(=O)[C@H]1[C@@H]2C[C@@H](CN(C3CCSCC3)C2)[C@@H]2CCCC(=O)N21. The predicted octanol–water partition coefficient (Wildman–Crippen LogP) is 1.98. The number of thioether (sulfide) groups is 1. The van der Waals surface area contributed by atoms with Crippen molar-refractivity contribution in [1.82, 2.24) is 24.3 Å². The van der Waals surface area contributed by atoms with Crippen molar-refractivity contribution in [2.75, 3.05) is 31.6 Å². The van der Waals surface area contributed by atoms with Crippen molar-refractivity contribution in [1.29, 1.82) is 0 Å². The van der Waals surface area contributed by atoms with Gasteiger partial charge in [0.25, 0.3) is 0 Å². The van der Waals surface area contributed by atoms with E-state index in [-0.39, 0.29) is 29.8 Å². The first-order valence-corrected chi connectivity index (χ1v) is 13.0. The Morgan fingerprint density at radius 1 is 1.23 bits per heavy atom. The normalized spacial score (nSPS) is 32.1. The lowest BCUT2D eigenvalue weighted by Gasteiger charge is -2.57. The van der Waals surface area contributed by atoms with Crippen LogP contribution in [0.25, 0.3) is 0 Å². The van der Waals surface area contributed by atoms with Gasteiger partial charge in [0.15, 0.2) is 0 Å². The number of carbonyl (C=O) groups excluding carboxylic acids is 2. The summed E-state index contributed by atoms with van der Waals surface area (Å²) in [7, 11) is 3.82. The van der Waals surface area contributed by atoms with E-state index in [2.05, 4.69) is 21.6 Å². The number of piperidine rings is 3. The highest BCUT2D eigenvalue weighted by Crippen LogP contribution is 2.43. The van der Waals surface area contributed by atoms with Gasteiger partial charge in [-0.2, -0.15) is 11.8 Å². The Morgan fingerprint density at radius 2 is 2.00 bits per heavy atom. The van der Waals surface area contributed by atoms with Gasteiger partial charge in [-0.3, -0.25) is 14.5 Å². The molecule has 170 valence electrons. The van der Waals surface area contributed by atoms with Crippen LogP contribution in [0.15, 0.2) is 12.4 Å². The molecule has 31 heavy (non-hydrogen) atoms. The Hall–Kier alpha value is -1.54. The van der Waals surface area contributed by atoms with Crippen LogP contribution >= 0.6 is 11.8 Å². The van der Waals surface area contributed by atoms with E-state index in [1.54, 1.807) is 11.1 Å². The molecule has 0 unspecified atom stereocenters. The van der Waals surface area contributed by atoms with Crippen molar-refractivity contribution in [3.05, 3.63) is 18.2 Å². The predicted molar refractivity (Wildman–Crippen MR) is 121 cm³/mol. The quantitative estimate of drug-likeness (QED) is 0.709. The van der Waals surface area contributed by atoms with Crippen LogP contribution in [0.3, 0.4) is 0 Å². The highest BCUT2D eigenvalue weighted by Gasteiger charge is 2.53. The van der Waals surface area contributed by atoms with Gasteiger partial charge < -0.3 is 14.4 Å². The van der Waals surface area contributed by atoms with Crippen LogP contribution in [-0.2, 0) is 23.2 Å². The third-order valence-electron chi connectivity index (χ3n) is 8.01. The summed E-state index contributed by atoms with van der Waals surface area (Å²) in [5.74, 6) is 4.41. The van der Waals surface area contributed by atoms with Crippen LogP contribution in [0.4, 0.5) is 0 Å². The van der Waals surface area contributed by atoms with E-state index in [9.17, 15) is 9.59 Å². The first-order chi connectivity index (χ1) is 15.0. The van der Waals surface area contributed by atoms with Gasteiger partial charge in [0.1, 0.15) is 11.9 Å². The molecular formula is C23H35N5O2S. The number of amides is 2. The van der Waals surface area contributed by atoms with Crippen LogP contribution in [0.2, 0.25) is 0 Å². The third kappa shape index (κ3) is 4.01. The van der Waals surface area contributed by atoms with Crippen LogP contribution in [-0.4, -0.2) is 85.8 Å². The van der Waals surface area contributed by atoms with Crippen LogP contribution in [0.5, 0.6) is 0 Å². The van der Waals surface area contributed by atoms with E-state index >= 15 is 0 Å². The monoisotopic (exact) mass is 445 g/mol. The molecule has 4 aliphatic rings. The number of fused-ring (bicyclic) bond motifs is 4. The molecule has 0 aliphatic carbocycles. The largest absolute Gasteiger partial charge is 0.337 e. The number of aryl methyl sites for hydroxylation is 1. The summed E-state index contributed by atoms with van der Waals surface area (Å²) < 4.78 is 1.96. The second kappa shape index (κ2) is 8.77. The molecule has 2 bridgehead atoms. The van der Waals surface area contributed by atoms with E-state index in [1.165, 1.54) is 24.3 Å². The Balaban J connectivity index is 1.40. The fourth-order valence-corrected chi connectivity index (χ4v) is 7.50. The molecule has 5 rings (SSSR count). The molecule has 4 fully saturated rings.